The fourth-order valence-corrected chi connectivity index (χ4v) is 2.66. The molecule has 1 fully saturated rings. The zero-order valence-corrected chi connectivity index (χ0v) is 11.7. The number of aromatic nitrogens is 2. The maximum absolute atomic E-state index is 10.9. The molecule has 112 valence electrons. The summed E-state index contributed by atoms with van der Waals surface area (Å²) in [5, 5.41) is 16.4. The standard InChI is InChI=1S/C14H17N3O4/c1-20-11-6-5-10(16-14(18)19)9-8-15-17(13(9)11)12-4-2-3-7-21-12/h5-6,8,12,16H,2-4,7H2,1H3,(H,18,19). The van der Waals surface area contributed by atoms with Crippen LogP contribution in [-0.4, -0.2) is 34.7 Å². The number of carboxylic acid groups (broad SMARTS) is 1. The number of ether oxygens (including phenoxy) is 2. The average Bonchev–Trinajstić information content (AvgIpc) is 2.93. The number of fused-ring (bicyclic) bond motifs is 1. The Morgan fingerprint density at radius 1 is 1.52 bits per heavy atom. The maximum atomic E-state index is 10.9. The molecule has 1 unspecified atom stereocenters. The smallest absolute Gasteiger partial charge is 0.409 e. The highest BCUT2D eigenvalue weighted by atomic mass is 16.5. The molecule has 21 heavy (non-hydrogen) atoms. The van der Waals surface area contributed by atoms with Gasteiger partial charge in [0.05, 0.1) is 19.0 Å². The number of rotatable bonds is 3. The first kappa shape index (κ1) is 13.7. The van der Waals surface area contributed by atoms with Crippen LogP contribution >= 0.6 is 0 Å². The average molecular weight is 291 g/mol. The summed E-state index contributed by atoms with van der Waals surface area (Å²) in [7, 11) is 1.58. The molecule has 7 nitrogen and oxygen atoms in total. The minimum Gasteiger partial charge on any atom is -0.494 e. The van der Waals surface area contributed by atoms with E-state index in [1.54, 1.807) is 30.1 Å². The number of hydrogen-bond acceptors (Lipinski definition) is 4. The zero-order chi connectivity index (χ0) is 14.8. The molecule has 0 saturated carbocycles. The lowest BCUT2D eigenvalue weighted by Gasteiger charge is -2.24. The molecule has 0 spiro atoms. The number of nitrogens with zero attached hydrogens (tertiary/aromatic N) is 2. The largest absolute Gasteiger partial charge is 0.494 e. The Balaban J connectivity index is 2.10. The van der Waals surface area contributed by atoms with Crippen molar-refractivity contribution < 1.29 is 19.4 Å². The van der Waals surface area contributed by atoms with E-state index in [4.69, 9.17) is 14.6 Å². The molecule has 0 aliphatic carbocycles. The number of hydrogen-bond donors (Lipinski definition) is 2. The van der Waals surface area contributed by atoms with E-state index in [0.717, 1.165) is 24.8 Å². The van der Waals surface area contributed by atoms with E-state index < -0.39 is 6.09 Å². The lowest BCUT2D eigenvalue weighted by atomic mass is 10.1. The third-order valence-electron chi connectivity index (χ3n) is 3.61. The van der Waals surface area contributed by atoms with Crippen molar-refractivity contribution in [3.05, 3.63) is 18.3 Å². The molecule has 0 radical (unpaired) electrons. The number of methoxy groups -OCH3 is 1. The minimum absolute atomic E-state index is 0.134. The number of benzene rings is 1. The number of carbonyl (C=O) groups is 1. The van der Waals surface area contributed by atoms with Crippen LogP contribution in [0.15, 0.2) is 18.3 Å². The summed E-state index contributed by atoms with van der Waals surface area (Å²) in [5.74, 6) is 0.646. The van der Waals surface area contributed by atoms with Crippen molar-refractivity contribution in [3.8, 4) is 5.75 Å². The summed E-state index contributed by atoms with van der Waals surface area (Å²) in [5.41, 5.74) is 1.23. The van der Waals surface area contributed by atoms with Gasteiger partial charge in [0.25, 0.3) is 0 Å². The van der Waals surface area contributed by atoms with Gasteiger partial charge in [-0.15, -0.1) is 0 Å². The first-order chi connectivity index (χ1) is 10.2. The SMILES string of the molecule is COc1ccc(NC(=O)O)c2cnn(C3CCCCO3)c12. The quantitative estimate of drug-likeness (QED) is 0.908. The number of anilines is 1. The molecule has 2 N–H and O–H groups in total. The van der Waals surface area contributed by atoms with Gasteiger partial charge in [0.15, 0.2) is 6.23 Å². The highest BCUT2D eigenvalue weighted by Crippen LogP contribution is 2.35. The van der Waals surface area contributed by atoms with E-state index in [9.17, 15) is 4.79 Å². The second-order valence-electron chi connectivity index (χ2n) is 4.92. The van der Waals surface area contributed by atoms with Crippen LogP contribution in [-0.2, 0) is 4.74 Å². The Morgan fingerprint density at radius 2 is 2.38 bits per heavy atom. The first-order valence-corrected chi connectivity index (χ1v) is 6.86. The zero-order valence-electron chi connectivity index (χ0n) is 11.7. The first-order valence-electron chi connectivity index (χ1n) is 6.86. The third-order valence-corrected chi connectivity index (χ3v) is 3.61. The van der Waals surface area contributed by atoms with E-state index >= 15 is 0 Å². The lowest BCUT2D eigenvalue weighted by Crippen LogP contribution is -2.19. The Labute approximate surface area is 121 Å². The van der Waals surface area contributed by atoms with Crippen molar-refractivity contribution in [1.82, 2.24) is 9.78 Å². The molecule has 1 aliphatic rings. The van der Waals surface area contributed by atoms with Crippen molar-refractivity contribution in [3.63, 3.8) is 0 Å². The van der Waals surface area contributed by atoms with Gasteiger partial charge in [-0.05, 0) is 31.4 Å². The third kappa shape index (κ3) is 2.52. The van der Waals surface area contributed by atoms with E-state index in [1.807, 2.05) is 0 Å². The van der Waals surface area contributed by atoms with Crippen LogP contribution in [0.4, 0.5) is 10.5 Å². The molecule has 2 heterocycles. The van der Waals surface area contributed by atoms with Gasteiger partial charge in [0.2, 0.25) is 0 Å². The Morgan fingerprint density at radius 3 is 3.05 bits per heavy atom. The maximum Gasteiger partial charge on any atom is 0.409 e. The Kier molecular flexibility index (Phi) is 3.66. The minimum atomic E-state index is -1.11. The normalized spacial score (nSPS) is 18.6. The number of amides is 1. The van der Waals surface area contributed by atoms with Crippen LogP contribution in [0.3, 0.4) is 0 Å². The second-order valence-corrected chi connectivity index (χ2v) is 4.92. The van der Waals surface area contributed by atoms with Crippen molar-refractivity contribution in [2.75, 3.05) is 19.0 Å². The molecule has 1 aromatic carbocycles. The predicted octanol–water partition coefficient (Wildman–Crippen LogP) is 2.83. The van der Waals surface area contributed by atoms with Gasteiger partial charge in [-0.2, -0.15) is 5.10 Å². The summed E-state index contributed by atoms with van der Waals surface area (Å²) >= 11 is 0. The fourth-order valence-electron chi connectivity index (χ4n) is 2.66. The van der Waals surface area contributed by atoms with Crippen molar-refractivity contribution >= 4 is 22.7 Å². The highest BCUT2D eigenvalue weighted by molar-refractivity contribution is 6.00. The summed E-state index contributed by atoms with van der Waals surface area (Å²) in [6, 6.07) is 3.40. The van der Waals surface area contributed by atoms with Gasteiger partial charge >= 0.3 is 6.09 Å². The van der Waals surface area contributed by atoms with Gasteiger partial charge in [-0.1, -0.05) is 0 Å². The summed E-state index contributed by atoms with van der Waals surface area (Å²) in [6.07, 6.45) is 3.42. The monoisotopic (exact) mass is 291 g/mol. The molecule has 7 heteroatoms. The molecule has 1 amide bonds. The van der Waals surface area contributed by atoms with Gasteiger partial charge < -0.3 is 14.6 Å². The van der Waals surface area contributed by atoms with E-state index in [1.165, 1.54) is 0 Å². The molecule has 3 rings (SSSR count). The van der Waals surface area contributed by atoms with Crippen molar-refractivity contribution in [2.45, 2.75) is 25.5 Å². The fraction of sp³-hybridized carbons (Fsp3) is 0.429. The van der Waals surface area contributed by atoms with Crippen LogP contribution < -0.4 is 10.1 Å². The molecule has 1 saturated heterocycles. The van der Waals surface area contributed by atoms with E-state index in [-0.39, 0.29) is 6.23 Å². The topological polar surface area (TPSA) is 85.6 Å². The van der Waals surface area contributed by atoms with Crippen LogP contribution in [0.2, 0.25) is 0 Å². The van der Waals surface area contributed by atoms with Crippen molar-refractivity contribution in [1.29, 1.82) is 0 Å². The lowest BCUT2D eigenvalue weighted by molar-refractivity contribution is -0.0368. The molecular weight excluding hydrogens is 274 g/mol. The second kappa shape index (κ2) is 5.61. The molecule has 1 aromatic heterocycles. The summed E-state index contributed by atoms with van der Waals surface area (Å²) in [4.78, 5) is 10.9. The Hall–Kier alpha value is -2.28. The van der Waals surface area contributed by atoms with Gasteiger partial charge in [-0.3, -0.25) is 5.32 Å². The molecule has 2 aromatic rings. The van der Waals surface area contributed by atoms with E-state index in [2.05, 4.69) is 10.4 Å². The van der Waals surface area contributed by atoms with Gasteiger partial charge in [0, 0.05) is 12.0 Å². The van der Waals surface area contributed by atoms with Gasteiger partial charge in [-0.25, -0.2) is 9.48 Å². The Bertz CT molecular complexity index is 662. The molecule has 0 bridgehead atoms. The van der Waals surface area contributed by atoms with Crippen LogP contribution in [0.5, 0.6) is 5.75 Å². The number of nitrogens with one attached hydrogen (secondary N) is 1. The summed E-state index contributed by atoms with van der Waals surface area (Å²) < 4.78 is 12.9. The predicted molar refractivity (Wildman–Crippen MR) is 76.8 cm³/mol. The van der Waals surface area contributed by atoms with Gasteiger partial charge in [0.1, 0.15) is 11.3 Å². The summed E-state index contributed by atoms with van der Waals surface area (Å²) in [6.45, 7) is 0.710. The van der Waals surface area contributed by atoms with E-state index in [0.29, 0.717) is 23.4 Å². The molecule has 1 aliphatic heterocycles. The highest BCUT2D eigenvalue weighted by Gasteiger charge is 2.22. The molecule has 1 atom stereocenters. The van der Waals surface area contributed by atoms with Crippen LogP contribution in [0.25, 0.3) is 10.9 Å². The van der Waals surface area contributed by atoms with Crippen molar-refractivity contribution in [2.24, 2.45) is 0 Å². The molecular formula is C14H17N3O4. The van der Waals surface area contributed by atoms with Crippen LogP contribution in [0, 0.1) is 0 Å². The van der Waals surface area contributed by atoms with Crippen LogP contribution in [0.1, 0.15) is 25.5 Å².